The number of rotatable bonds is 2. The van der Waals surface area contributed by atoms with Crippen molar-refractivity contribution < 1.29 is 31.2 Å². The summed E-state index contributed by atoms with van der Waals surface area (Å²) >= 11 is 0. The van der Waals surface area contributed by atoms with E-state index >= 15 is 0 Å². The van der Waals surface area contributed by atoms with Crippen LogP contribution in [0.4, 0.5) is 26.3 Å². The predicted octanol–water partition coefficient (Wildman–Crippen LogP) is 3.37. The van der Waals surface area contributed by atoms with Crippen LogP contribution < -0.4 is 0 Å². The van der Waals surface area contributed by atoms with Gasteiger partial charge in [0.05, 0.1) is 6.10 Å². The first-order valence-electron chi connectivity index (χ1n) is 4.48. The van der Waals surface area contributed by atoms with Crippen LogP contribution in [0, 0.1) is 0 Å². The molecule has 0 fully saturated rings. The van der Waals surface area contributed by atoms with Crippen molar-refractivity contribution in [3.8, 4) is 0 Å². The van der Waals surface area contributed by atoms with Gasteiger partial charge < -0.3 is 0 Å². The molecule has 1 aliphatic rings. The van der Waals surface area contributed by atoms with Crippen LogP contribution in [0.1, 0.15) is 19.3 Å². The average molecular weight is 249 g/mol. The third kappa shape index (κ3) is 3.67. The van der Waals surface area contributed by atoms with Gasteiger partial charge in [-0.3, -0.25) is 4.84 Å². The van der Waals surface area contributed by atoms with Crippen molar-refractivity contribution in [3.63, 3.8) is 0 Å². The van der Waals surface area contributed by atoms with E-state index in [4.69, 9.17) is 0 Å². The number of halogens is 6. The lowest BCUT2D eigenvalue weighted by molar-refractivity contribution is -0.489. The maximum absolute atomic E-state index is 12.0. The molecule has 1 aliphatic carbocycles. The van der Waals surface area contributed by atoms with E-state index in [9.17, 15) is 26.3 Å². The minimum Gasteiger partial charge on any atom is -0.277 e. The Labute approximate surface area is 87.4 Å². The molecule has 8 heteroatoms. The van der Waals surface area contributed by atoms with Gasteiger partial charge in [-0.25, -0.2) is 0 Å². The van der Waals surface area contributed by atoms with Crippen molar-refractivity contribution in [1.29, 1.82) is 0 Å². The molecule has 0 radical (unpaired) electrons. The Morgan fingerprint density at radius 2 is 1.62 bits per heavy atom. The van der Waals surface area contributed by atoms with E-state index in [0.29, 0.717) is 12.8 Å². The Morgan fingerprint density at radius 1 is 1.06 bits per heavy atom. The molecular weight excluding hydrogens is 240 g/mol. The van der Waals surface area contributed by atoms with Gasteiger partial charge >= 0.3 is 12.6 Å². The van der Waals surface area contributed by atoms with Crippen LogP contribution in [0.5, 0.6) is 0 Å². The van der Waals surface area contributed by atoms with Crippen LogP contribution in [0.2, 0.25) is 0 Å². The van der Waals surface area contributed by atoms with Crippen LogP contribution in [0.3, 0.4) is 0 Å². The van der Waals surface area contributed by atoms with E-state index in [1.807, 2.05) is 0 Å². The van der Waals surface area contributed by atoms with Gasteiger partial charge in [0.2, 0.25) is 0 Å². The molecule has 0 aliphatic heterocycles. The van der Waals surface area contributed by atoms with Crippen molar-refractivity contribution in [2.75, 3.05) is 0 Å². The molecule has 0 aromatic heterocycles. The Morgan fingerprint density at radius 3 is 2.00 bits per heavy atom. The van der Waals surface area contributed by atoms with Crippen LogP contribution in [0.25, 0.3) is 0 Å². The second-order valence-corrected chi connectivity index (χ2v) is 3.23. The highest BCUT2D eigenvalue weighted by molar-refractivity contribution is 4.93. The van der Waals surface area contributed by atoms with Crippen LogP contribution in [-0.2, 0) is 4.84 Å². The Bertz CT molecular complexity index is 244. The van der Waals surface area contributed by atoms with Crippen molar-refractivity contribution in [1.82, 2.24) is 5.06 Å². The van der Waals surface area contributed by atoms with Gasteiger partial charge in [0, 0.05) is 5.06 Å². The number of nitrogens with zero attached hydrogens (tertiary/aromatic N) is 1. The molecule has 1 unspecified atom stereocenters. The molecule has 0 saturated heterocycles. The minimum absolute atomic E-state index is 0.138. The molecule has 94 valence electrons. The zero-order valence-corrected chi connectivity index (χ0v) is 7.98. The lowest BCUT2D eigenvalue weighted by Gasteiger charge is -2.29. The van der Waals surface area contributed by atoms with E-state index in [1.54, 1.807) is 0 Å². The van der Waals surface area contributed by atoms with Crippen LogP contribution >= 0.6 is 0 Å². The molecule has 1 atom stereocenters. The fraction of sp³-hybridized carbons (Fsp3) is 0.750. The summed E-state index contributed by atoms with van der Waals surface area (Å²) in [5, 5.41) is -1.86. The highest BCUT2D eigenvalue weighted by Crippen LogP contribution is 2.35. The first kappa shape index (κ1) is 13.3. The molecule has 0 N–H and O–H groups in total. The van der Waals surface area contributed by atoms with Crippen molar-refractivity contribution in [2.45, 2.75) is 38.0 Å². The second-order valence-electron chi connectivity index (χ2n) is 3.23. The van der Waals surface area contributed by atoms with Gasteiger partial charge in [0.25, 0.3) is 0 Å². The molecular formula is C8H9F6NO. The molecule has 0 spiro atoms. The van der Waals surface area contributed by atoms with Gasteiger partial charge in [-0.15, -0.1) is 0 Å². The van der Waals surface area contributed by atoms with E-state index < -0.39 is 23.8 Å². The van der Waals surface area contributed by atoms with Gasteiger partial charge in [-0.05, 0) is 19.3 Å². The van der Waals surface area contributed by atoms with E-state index in [1.165, 1.54) is 12.2 Å². The normalized spacial score (nSPS) is 22.8. The summed E-state index contributed by atoms with van der Waals surface area (Å²) in [5.41, 5.74) is 0. The SMILES string of the molecule is FC(F)(F)N(OC1C=CCCC1)C(F)(F)F. The molecule has 16 heavy (non-hydrogen) atoms. The summed E-state index contributed by atoms with van der Waals surface area (Å²) in [6.45, 7) is 0. The minimum atomic E-state index is -5.59. The summed E-state index contributed by atoms with van der Waals surface area (Å²) in [6, 6.07) is 0. The van der Waals surface area contributed by atoms with Crippen LogP contribution in [-0.4, -0.2) is 23.8 Å². The first-order valence-corrected chi connectivity index (χ1v) is 4.48. The summed E-state index contributed by atoms with van der Waals surface area (Å²) in [5.74, 6) is 0. The predicted molar refractivity (Wildman–Crippen MR) is 41.8 cm³/mol. The molecule has 0 heterocycles. The molecule has 0 amide bonds. The topological polar surface area (TPSA) is 12.5 Å². The number of hydrogen-bond donors (Lipinski definition) is 0. The van der Waals surface area contributed by atoms with Gasteiger partial charge in [-0.2, -0.15) is 26.3 Å². The molecule has 0 saturated carbocycles. The Hall–Kier alpha value is -0.760. The third-order valence-corrected chi connectivity index (χ3v) is 1.91. The van der Waals surface area contributed by atoms with Crippen molar-refractivity contribution in [3.05, 3.63) is 12.2 Å². The fourth-order valence-electron chi connectivity index (χ4n) is 1.27. The van der Waals surface area contributed by atoms with E-state index in [0.717, 1.165) is 0 Å². The maximum Gasteiger partial charge on any atom is 0.490 e. The number of hydroxylamine groups is 2. The first-order chi connectivity index (χ1) is 7.21. The smallest absolute Gasteiger partial charge is 0.277 e. The van der Waals surface area contributed by atoms with Crippen molar-refractivity contribution >= 4 is 0 Å². The summed E-state index contributed by atoms with van der Waals surface area (Å²) in [4.78, 5) is 3.92. The van der Waals surface area contributed by atoms with Gasteiger partial charge in [0.1, 0.15) is 0 Å². The molecule has 0 aromatic carbocycles. The Kier molecular flexibility index (Phi) is 3.84. The van der Waals surface area contributed by atoms with Crippen LogP contribution in [0.15, 0.2) is 12.2 Å². The number of allylic oxidation sites excluding steroid dienone is 1. The lowest BCUT2D eigenvalue weighted by Crippen LogP contribution is -2.49. The number of hydrogen-bond acceptors (Lipinski definition) is 2. The van der Waals surface area contributed by atoms with Gasteiger partial charge in [0.15, 0.2) is 0 Å². The largest absolute Gasteiger partial charge is 0.490 e. The Balaban J connectivity index is 2.71. The quantitative estimate of drug-likeness (QED) is 0.322. The summed E-state index contributed by atoms with van der Waals surface area (Å²) in [7, 11) is 0. The molecule has 1 rings (SSSR count). The molecule has 0 bridgehead atoms. The monoisotopic (exact) mass is 249 g/mol. The summed E-state index contributed by atoms with van der Waals surface area (Å²) < 4.78 is 72.2. The van der Waals surface area contributed by atoms with E-state index in [-0.39, 0.29) is 6.42 Å². The zero-order chi connectivity index (χ0) is 12.4. The fourth-order valence-corrected chi connectivity index (χ4v) is 1.27. The van der Waals surface area contributed by atoms with Crippen molar-refractivity contribution in [2.24, 2.45) is 0 Å². The highest BCUT2D eigenvalue weighted by Gasteiger charge is 2.56. The van der Waals surface area contributed by atoms with E-state index in [2.05, 4.69) is 4.84 Å². The molecule has 2 nitrogen and oxygen atoms in total. The third-order valence-electron chi connectivity index (χ3n) is 1.91. The standard InChI is InChI=1S/C8H9F6NO/c9-7(10,11)15(8(12,13)14)16-6-4-2-1-3-5-6/h2,4,6H,1,3,5H2. The average Bonchev–Trinajstić information content (AvgIpc) is 2.12. The number of alkyl halides is 6. The maximum atomic E-state index is 12.0. The lowest BCUT2D eigenvalue weighted by atomic mass is 10.1. The summed E-state index contributed by atoms with van der Waals surface area (Å²) in [6.07, 6.45) is -8.39. The second kappa shape index (κ2) is 4.62. The highest BCUT2D eigenvalue weighted by atomic mass is 19.4. The molecule has 0 aromatic rings. The zero-order valence-electron chi connectivity index (χ0n) is 7.98. The van der Waals surface area contributed by atoms with Gasteiger partial charge in [-0.1, -0.05) is 12.2 Å².